The molecule has 0 bridgehead atoms. The zero-order valence-electron chi connectivity index (χ0n) is 14.8. The second-order valence-electron chi connectivity index (χ2n) is 7.48. The van der Waals surface area contributed by atoms with E-state index in [1.165, 1.54) is 77.0 Å². The van der Waals surface area contributed by atoms with Crippen LogP contribution in [-0.2, 0) is 0 Å². The van der Waals surface area contributed by atoms with Gasteiger partial charge in [-0.2, -0.15) is 0 Å². The van der Waals surface area contributed by atoms with Crippen molar-refractivity contribution in [3.8, 4) is 0 Å². The molecule has 20 heavy (non-hydrogen) atoms. The Balaban J connectivity index is 2.01. The second kappa shape index (κ2) is 10.7. The topological polar surface area (TPSA) is 0 Å². The van der Waals surface area contributed by atoms with E-state index in [-0.39, 0.29) is 0 Å². The summed E-state index contributed by atoms with van der Waals surface area (Å²) >= 11 is 0. The number of rotatable bonds is 13. The summed E-state index contributed by atoms with van der Waals surface area (Å²) in [5.41, 5.74) is 0. The molecule has 1 rings (SSSR count). The summed E-state index contributed by atoms with van der Waals surface area (Å²) in [4.78, 5) is 0. The highest BCUT2D eigenvalue weighted by Crippen LogP contribution is 2.54. The Morgan fingerprint density at radius 1 is 0.750 bits per heavy atom. The molecule has 4 unspecified atom stereocenters. The van der Waals surface area contributed by atoms with E-state index >= 15 is 0 Å². The van der Waals surface area contributed by atoms with Gasteiger partial charge in [-0.25, -0.2) is 0 Å². The second-order valence-corrected chi connectivity index (χ2v) is 7.48. The summed E-state index contributed by atoms with van der Waals surface area (Å²) in [6, 6.07) is 0. The minimum atomic E-state index is 0.993. The van der Waals surface area contributed by atoms with Crippen molar-refractivity contribution in [2.75, 3.05) is 0 Å². The van der Waals surface area contributed by atoms with Crippen LogP contribution in [0.5, 0.6) is 0 Å². The number of hydrogen-bond donors (Lipinski definition) is 0. The van der Waals surface area contributed by atoms with Crippen molar-refractivity contribution in [1.82, 2.24) is 0 Å². The fourth-order valence-electron chi connectivity index (χ4n) is 4.22. The molecule has 1 aliphatic rings. The molecule has 0 radical (unpaired) electrons. The lowest BCUT2D eigenvalue weighted by molar-refractivity contribution is 0.402. The normalized spacial score (nSPS) is 26.7. The smallest absolute Gasteiger partial charge is 0.0329 e. The van der Waals surface area contributed by atoms with Gasteiger partial charge in [0, 0.05) is 0 Å². The molecule has 1 aliphatic carbocycles. The monoisotopic (exact) mass is 280 g/mol. The van der Waals surface area contributed by atoms with Crippen LogP contribution in [0.2, 0.25) is 0 Å². The molecule has 0 aromatic carbocycles. The van der Waals surface area contributed by atoms with Crippen molar-refractivity contribution >= 4 is 0 Å². The Morgan fingerprint density at radius 2 is 1.30 bits per heavy atom. The molecule has 0 N–H and O–H groups in total. The van der Waals surface area contributed by atoms with Gasteiger partial charge < -0.3 is 0 Å². The third-order valence-electron chi connectivity index (χ3n) is 5.70. The van der Waals surface area contributed by atoms with Crippen molar-refractivity contribution in [3.63, 3.8) is 0 Å². The maximum Gasteiger partial charge on any atom is -0.0329 e. The summed E-state index contributed by atoms with van der Waals surface area (Å²) in [7, 11) is 0. The first-order valence-electron chi connectivity index (χ1n) is 9.72. The lowest BCUT2D eigenvalue weighted by Crippen LogP contribution is -2.00. The molecule has 0 heteroatoms. The minimum Gasteiger partial charge on any atom is -0.0654 e. The fourth-order valence-corrected chi connectivity index (χ4v) is 4.22. The van der Waals surface area contributed by atoms with Gasteiger partial charge in [-0.15, -0.1) is 0 Å². The molecule has 0 nitrogen and oxygen atoms in total. The molecule has 4 atom stereocenters. The Hall–Kier alpha value is 0. The number of unbranched alkanes of at least 4 members (excludes halogenated alkanes) is 8. The van der Waals surface area contributed by atoms with Crippen LogP contribution in [-0.4, -0.2) is 0 Å². The molecule has 0 spiro atoms. The molecule has 0 aromatic heterocycles. The van der Waals surface area contributed by atoms with Crippen LogP contribution >= 0.6 is 0 Å². The molecule has 0 aliphatic heterocycles. The van der Waals surface area contributed by atoms with Crippen molar-refractivity contribution in [3.05, 3.63) is 0 Å². The molecule has 0 heterocycles. The van der Waals surface area contributed by atoms with Crippen molar-refractivity contribution in [1.29, 1.82) is 0 Å². The van der Waals surface area contributed by atoms with Gasteiger partial charge in [0.15, 0.2) is 0 Å². The third kappa shape index (κ3) is 6.64. The van der Waals surface area contributed by atoms with Gasteiger partial charge in [0.05, 0.1) is 0 Å². The summed E-state index contributed by atoms with van der Waals surface area (Å²) in [5.74, 6) is 4.19. The summed E-state index contributed by atoms with van der Waals surface area (Å²) in [6.07, 6.45) is 17.5. The maximum absolute atomic E-state index is 2.52. The van der Waals surface area contributed by atoms with Gasteiger partial charge in [0.25, 0.3) is 0 Å². The van der Waals surface area contributed by atoms with Gasteiger partial charge in [0.1, 0.15) is 0 Å². The van der Waals surface area contributed by atoms with Crippen LogP contribution in [0, 0.1) is 23.7 Å². The first-order valence-corrected chi connectivity index (χ1v) is 9.72. The highest BCUT2D eigenvalue weighted by atomic mass is 14.5. The Labute approximate surface area is 129 Å². The van der Waals surface area contributed by atoms with Gasteiger partial charge in [-0.05, 0) is 30.1 Å². The summed E-state index contributed by atoms with van der Waals surface area (Å²) < 4.78 is 0. The average Bonchev–Trinajstić information content (AvgIpc) is 3.09. The Bertz CT molecular complexity index is 220. The lowest BCUT2D eigenvalue weighted by atomic mass is 9.95. The van der Waals surface area contributed by atoms with Crippen molar-refractivity contribution < 1.29 is 0 Å². The molecule has 1 saturated carbocycles. The first-order chi connectivity index (χ1) is 9.72. The van der Waals surface area contributed by atoms with Crippen molar-refractivity contribution in [2.24, 2.45) is 23.7 Å². The highest BCUT2D eigenvalue weighted by Gasteiger charge is 2.47. The molecule has 0 amide bonds. The lowest BCUT2D eigenvalue weighted by Gasteiger charge is -2.11. The zero-order chi connectivity index (χ0) is 14.8. The predicted molar refractivity (Wildman–Crippen MR) is 92.1 cm³/mol. The van der Waals surface area contributed by atoms with Crippen LogP contribution in [0.3, 0.4) is 0 Å². The molecule has 1 fully saturated rings. The molecule has 0 saturated heterocycles. The van der Waals surface area contributed by atoms with E-state index in [1.807, 2.05) is 0 Å². The largest absolute Gasteiger partial charge is 0.0654 e. The third-order valence-corrected chi connectivity index (χ3v) is 5.70. The van der Waals surface area contributed by atoms with Crippen LogP contribution in [0.15, 0.2) is 0 Å². The standard InChI is InChI=1S/C20H40/c1-5-7-9-11-12-14-16-19-18(4)20(19)17(3)15-13-10-8-6-2/h17-20H,5-16H2,1-4H3. The zero-order valence-corrected chi connectivity index (χ0v) is 14.8. The fraction of sp³-hybridized carbons (Fsp3) is 1.00. The van der Waals surface area contributed by atoms with Crippen LogP contribution in [0.1, 0.15) is 105 Å². The quantitative estimate of drug-likeness (QED) is 0.312. The average molecular weight is 281 g/mol. The SMILES string of the molecule is CCCCCCCCC1C(C)C1C(C)CCCCCC. The van der Waals surface area contributed by atoms with E-state index in [9.17, 15) is 0 Å². The minimum absolute atomic E-state index is 0.993. The van der Waals surface area contributed by atoms with Gasteiger partial charge >= 0.3 is 0 Å². The van der Waals surface area contributed by atoms with Crippen LogP contribution in [0.25, 0.3) is 0 Å². The maximum atomic E-state index is 2.52. The van der Waals surface area contributed by atoms with E-state index in [1.54, 1.807) is 0 Å². The molecular formula is C20H40. The van der Waals surface area contributed by atoms with E-state index in [2.05, 4.69) is 27.7 Å². The van der Waals surface area contributed by atoms with Crippen LogP contribution in [0.4, 0.5) is 0 Å². The van der Waals surface area contributed by atoms with E-state index in [0.717, 1.165) is 23.7 Å². The number of hydrogen-bond acceptors (Lipinski definition) is 0. The highest BCUT2D eigenvalue weighted by molar-refractivity contribution is 4.96. The Morgan fingerprint density at radius 3 is 1.95 bits per heavy atom. The van der Waals surface area contributed by atoms with Crippen LogP contribution < -0.4 is 0 Å². The van der Waals surface area contributed by atoms with E-state index in [0.29, 0.717) is 0 Å². The van der Waals surface area contributed by atoms with Gasteiger partial charge in [-0.3, -0.25) is 0 Å². The van der Waals surface area contributed by atoms with Gasteiger partial charge in [-0.1, -0.05) is 98.3 Å². The first kappa shape index (κ1) is 18.1. The Kier molecular flexibility index (Phi) is 9.65. The molecular weight excluding hydrogens is 240 g/mol. The molecule has 0 aromatic rings. The predicted octanol–water partition coefficient (Wildman–Crippen LogP) is 7.23. The van der Waals surface area contributed by atoms with E-state index in [4.69, 9.17) is 0 Å². The van der Waals surface area contributed by atoms with E-state index < -0.39 is 0 Å². The van der Waals surface area contributed by atoms with Crippen molar-refractivity contribution in [2.45, 2.75) is 105 Å². The van der Waals surface area contributed by atoms with Gasteiger partial charge in [0.2, 0.25) is 0 Å². The summed E-state index contributed by atoms with van der Waals surface area (Å²) in [5, 5.41) is 0. The molecule has 120 valence electrons. The summed E-state index contributed by atoms with van der Waals surface area (Å²) in [6.45, 7) is 9.64.